The number of ether oxygens (including phenoxy) is 1. The molecule has 0 atom stereocenters. The van der Waals surface area contributed by atoms with Crippen molar-refractivity contribution in [2.24, 2.45) is 0 Å². The third-order valence-electron chi connectivity index (χ3n) is 1.52. The van der Waals surface area contributed by atoms with E-state index in [4.69, 9.17) is 4.74 Å². The number of benzene rings is 1. The van der Waals surface area contributed by atoms with Gasteiger partial charge in [0.05, 0.1) is 0 Å². The molecule has 0 saturated carbocycles. The van der Waals surface area contributed by atoms with Gasteiger partial charge in [-0.2, -0.15) is 0 Å². The molecule has 1 rings (SSSR count). The second-order valence-electron chi connectivity index (χ2n) is 2.34. The van der Waals surface area contributed by atoms with Gasteiger partial charge >= 0.3 is 82.7 Å². The molecular weight excluding hydrogens is 333 g/mol. The minimum absolute atomic E-state index is 0.781. The fourth-order valence-electron chi connectivity index (χ4n) is 0.878. The third-order valence-corrected chi connectivity index (χ3v) is 3.71. The van der Waals surface area contributed by atoms with E-state index in [1.807, 2.05) is 6.92 Å². The summed E-state index contributed by atoms with van der Waals surface area (Å²) < 4.78 is 6.80. The molecule has 0 N–H and O–H groups in total. The Labute approximate surface area is 82.6 Å². The van der Waals surface area contributed by atoms with Crippen molar-refractivity contribution in [2.75, 3.05) is 6.61 Å². The topological polar surface area (TPSA) is 9.23 Å². The first kappa shape index (κ1) is 9.15. The van der Waals surface area contributed by atoms with Crippen LogP contribution in [0, 0.1) is 0 Å². The van der Waals surface area contributed by atoms with Crippen LogP contribution in [0.5, 0.6) is 0 Å². The molecule has 0 radical (unpaired) electrons. The van der Waals surface area contributed by atoms with E-state index in [1.54, 1.807) is 0 Å². The van der Waals surface area contributed by atoms with Crippen LogP contribution in [0.15, 0.2) is 24.3 Å². The van der Waals surface area contributed by atoms with Crippen LogP contribution >= 0.6 is 0 Å². The molecule has 1 nitrogen and oxygen atoms in total. The van der Waals surface area contributed by atoms with Gasteiger partial charge in [-0.15, -0.1) is 0 Å². The molecule has 0 spiro atoms. The summed E-state index contributed by atoms with van der Waals surface area (Å²) in [5.41, 5.74) is 1.36. The molecule has 0 aliphatic heterocycles. The van der Waals surface area contributed by atoms with Crippen molar-refractivity contribution in [1.29, 1.82) is 0 Å². The Morgan fingerprint density at radius 1 is 1.36 bits per heavy atom. The van der Waals surface area contributed by atoms with Gasteiger partial charge in [0, 0.05) is 0 Å². The van der Waals surface area contributed by atoms with Gasteiger partial charge in [-0.25, -0.2) is 0 Å². The first-order chi connectivity index (χ1) is 5.34. The van der Waals surface area contributed by atoms with Crippen LogP contribution in [0.3, 0.4) is 0 Å². The van der Waals surface area contributed by atoms with Crippen LogP contribution in [0.1, 0.15) is 12.5 Å². The van der Waals surface area contributed by atoms with Crippen molar-refractivity contribution in [2.45, 2.75) is 13.5 Å². The van der Waals surface area contributed by atoms with Gasteiger partial charge in [0.1, 0.15) is 0 Å². The van der Waals surface area contributed by atoms with Crippen LogP contribution in [-0.4, -0.2) is 31.3 Å². The van der Waals surface area contributed by atoms with Crippen LogP contribution in [0.2, 0.25) is 0 Å². The standard InChI is InChI=1S/C9H11O.Bi.2H/c1-2-10-8-9-6-4-3-5-7-9;;;/h3-6H,2,8H2,1H3;;;. The SMILES string of the molecule is CCOCc1cccc[c]1[BiH2]. The summed E-state index contributed by atoms with van der Waals surface area (Å²) in [6.07, 6.45) is 0. The molecule has 1 aromatic carbocycles. The van der Waals surface area contributed by atoms with E-state index >= 15 is 0 Å². The van der Waals surface area contributed by atoms with Gasteiger partial charge in [-0.3, -0.25) is 0 Å². The molecule has 0 aliphatic carbocycles. The summed E-state index contributed by atoms with van der Waals surface area (Å²) in [6, 6.07) is 8.48. The Balaban J connectivity index is 2.62. The Morgan fingerprint density at radius 3 is 2.73 bits per heavy atom. The molecule has 11 heavy (non-hydrogen) atoms. The summed E-state index contributed by atoms with van der Waals surface area (Å²) >= 11 is 0.914. The van der Waals surface area contributed by atoms with Crippen molar-refractivity contribution in [3.8, 4) is 0 Å². The van der Waals surface area contributed by atoms with E-state index in [0.29, 0.717) is 0 Å². The average Bonchev–Trinajstić information content (AvgIpc) is 2.03. The Morgan fingerprint density at radius 2 is 2.09 bits per heavy atom. The van der Waals surface area contributed by atoms with Crippen molar-refractivity contribution in [1.82, 2.24) is 0 Å². The Bertz CT molecular complexity index is 223. The number of rotatable bonds is 3. The van der Waals surface area contributed by atoms with Crippen LogP contribution in [0.25, 0.3) is 0 Å². The summed E-state index contributed by atoms with van der Waals surface area (Å²) in [5.74, 6) is 0. The van der Waals surface area contributed by atoms with Gasteiger partial charge in [-0.1, -0.05) is 0 Å². The molecule has 1 aromatic rings. The van der Waals surface area contributed by atoms with Gasteiger partial charge in [0.15, 0.2) is 0 Å². The third kappa shape index (κ3) is 2.88. The number of hydrogen-bond acceptors (Lipinski definition) is 1. The van der Waals surface area contributed by atoms with E-state index in [9.17, 15) is 0 Å². The zero-order valence-electron chi connectivity index (χ0n) is 6.71. The van der Waals surface area contributed by atoms with Gasteiger partial charge in [-0.05, 0) is 0 Å². The van der Waals surface area contributed by atoms with Gasteiger partial charge < -0.3 is 0 Å². The van der Waals surface area contributed by atoms with E-state index < -0.39 is 0 Å². The summed E-state index contributed by atoms with van der Waals surface area (Å²) in [7, 11) is 0. The zero-order valence-corrected chi connectivity index (χ0v) is 11.2. The Kier molecular flexibility index (Phi) is 4.03. The number of hydrogen-bond donors (Lipinski definition) is 0. The van der Waals surface area contributed by atoms with Crippen molar-refractivity contribution in [3.05, 3.63) is 29.8 Å². The molecule has 0 fully saturated rings. The molecular formula is C9H13BiO. The average molecular weight is 346 g/mol. The minimum atomic E-state index is 0.781. The molecule has 0 unspecified atom stereocenters. The second-order valence-corrected chi connectivity index (χ2v) is 4.75. The molecule has 0 saturated heterocycles. The van der Waals surface area contributed by atoms with Crippen LogP contribution in [-0.2, 0) is 11.3 Å². The van der Waals surface area contributed by atoms with Crippen molar-refractivity contribution >= 4 is 28.0 Å². The molecule has 0 amide bonds. The fraction of sp³-hybridized carbons (Fsp3) is 0.333. The van der Waals surface area contributed by atoms with E-state index in [2.05, 4.69) is 24.3 Å². The van der Waals surface area contributed by atoms with Crippen LogP contribution in [0.4, 0.5) is 0 Å². The first-order valence-electron chi connectivity index (χ1n) is 3.75. The molecule has 0 aliphatic rings. The summed E-state index contributed by atoms with van der Waals surface area (Å²) in [4.78, 5) is 0. The molecule has 2 heteroatoms. The normalized spacial score (nSPS) is 10.0. The fourth-order valence-corrected chi connectivity index (χ4v) is 2.01. The second kappa shape index (κ2) is 4.84. The first-order valence-corrected chi connectivity index (χ1v) is 6.00. The molecule has 60 valence electrons. The maximum absolute atomic E-state index is 5.33. The quantitative estimate of drug-likeness (QED) is 0.724. The van der Waals surface area contributed by atoms with E-state index in [1.165, 1.54) is 8.83 Å². The zero-order chi connectivity index (χ0) is 8.10. The van der Waals surface area contributed by atoms with Crippen molar-refractivity contribution in [3.63, 3.8) is 0 Å². The van der Waals surface area contributed by atoms with Crippen molar-refractivity contribution < 1.29 is 4.74 Å². The van der Waals surface area contributed by atoms with E-state index in [-0.39, 0.29) is 0 Å². The maximum atomic E-state index is 5.33. The molecule has 0 aromatic heterocycles. The monoisotopic (exact) mass is 346 g/mol. The van der Waals surface area contributed by atoms with Crippen LogP contribution < -0.4 is 3.27 Å². The Hall–Kier alpha value is 0.0631. The summed E-state index contributed by atoms with van der Waals surface area (Å²) in [6.45, 7) is 3.61. The van der Waals surface area contributed by atoms with E-state index in [0.717, 1.165) is 37.9 Å². The van der Waals surface area contributed by atoms with Gasteiger partial charge in [0.25, 0.3) is 0 Å². The predicted molar refractivity (Wildman–Crippen MR) is 50.0 cm³/mol. The van der Waals surface area contributed by atoms with Gasteiger partial charge in [0.2, 0.25) is 0 Å². The molecule has 0 heterocycles. The summed E-state index contributed by atoms with van der Waals surface area (Å²) in [5, 5.41) is 0. The predicted octanol–water partition coefficient (Wildman–Crippen LogP) is 0.482. The molecule has 0 bridgehead atoms.